The SMILES string of the molecule is CCc1cc2c(NCC(=O)N(CC)CC)nc(N)nc2s1. The minimum Gasteiger partial charge on any atom is -0.368 e. The maximum atomic E-state index is 12.1. The van der Waals surface area contributed by atoms with Crippen molar-refractivity contribution in [2.24, 2.45) is 0 Å². The molecule has 0 aliphatic carbocycles. The summed E-state index contributed by atoms with van der Waals surface area (Å²) in [4.78, 5) is 24.4. The predicted molar refractivity (Wildman–Crippen MR) is 87.6 cm³/mol. The summed E-state index contributed by atoms with van der Waals surface area (Å²) in [5, 5.41) is 4.03. The minimum atomic E-state index is 0.0521. The molecule has 0 bridgehead atoms. The fourth-order valence-electron chi connectivity index (χ4n) is 2.14. The van der Waals surface area contributed by atoms with Gasteiger partial charge in [0.2, 0.25) is 11.9 Å². The molecule has 0 aliphatic rings. The van der Waals surface area contributed by atoms with Crippen molar-refractivity contribution in [2.75, 3.05) is 30.7 Å². The Morgan fingerprint density at radius 2 is 2.05 bits per heavy atom. The second-order valence-corrected chi connectivity index (χ2v) is 5.75. The van der Waals surface area contributed by atoms with Crippen LogP contribution in [0.3, 0.4) is 0 Å². The van der Waals surface area contributed by atoms with Gasteiger partial charge in [-0.15, -0.1) is 11.3 Å². The molecular formula is C14H21N5OS. The molecular weight excluding hydrogens is 286 g/mol. The van der Waals surface area contributed by atoms with E-state index < -0.39 is 0 Å². The van der Waals surface area contributed by atoms with Crippen LogP contribution >= 0.6 is 11.3 Å². The van der Waals surface area contributed by atoms with Gasteiger partial charge in [0.05, 0.1) is 11.9 Å². The fraction of sp³-hybridized carbons (Fsp3) is 0.500. The number of fused-ring (bicyclic) bond motifs is 1. The summed E-state index contributed by atoms with van der Waals surface area (Å²) in [6.07, 6.45) is 0.943. The number of nitrogens with zero attached hydrogens (tertiary/aromatic N) is 3. The number of aromatic nitrogens is 2. The first kappa shape index (κ1) is 15.5. The molecule has 6 nitrogen and oxygen atoms in total. The normalized spacial score (nSPS) is 10.8. The lowest BCUT2D eigenvalue weighted by Gasteiger charge is -2.19. The number of nitrogens with two attached hydrogens (primary N) is 1. The average molecular weight is 307 g/mol. The Morgan fingerprint density at radius 3 is 2.67 bits per heavy atom. The number of aryl methyl sites for hydroxylation is 1. The van der Waals surface area contributed by atoms with Crippen LogP contribution < -0.4 is 11.1 Å². The van der Waals surface area contributed by atoms with Gasteiger partial charge in [-0.3, -0.25) is 4.79 Å². The molecule has 2 rings (SSSR count). The van der Waals surface area contributed by atoms with E-state index in [4.69, 9.17) is 5.73 Å². The second kappa shape index (κ2) is 6.71. The van der Waals surface area contributed by atoms with Crippen LogP contribution in [0.25, 0.3) is 10.2 Å². The third-order valence-electron chi connectivity index (χ3n) is 3.33. The van der Waals surface area contributed by atoms with Gasteiger partial charge in [-0.2, -0.15) is 4.98 Å². The molecule has 0 aromatic carbocycles. The molecule has 0 spiro atoms. The highest BCUT2D eigenvalue weighted by molar-refractivity contribution is 7.18. The molecule has 0 unspecified atom stereocenters. The van der Waals surface area contributed by atoms with Crippen molar-refractivity contribution in [3.05, 3.63) is 10.9 Å². The van der Waals surface area contributed by atoms with E-state index in [9.17, 15) is 4.79 Å². The molecule has 114 valence electrons. The molecule has 21 heavy (non-hydrogen) atoms. The maximum absolute atomic E-state index is 12.1. The molecule has 0 saturated heterocycles. The van der Waals surface area contributed by atoms with Crippen molar-refractivity contribution in [3.8, 4) is 0 Å². The number of nitrogen functional groups attached to an aromatic ring is 1. The van der Waals surface area contributed by atoms with E-state index in [1.54, 1.807) is 16.2 Å². The lowest BCUT2D eigenvalue weighted by molar-refractivity contribution is -0.128. The smallest absolute Gasteiger partial charge is 0.241 e. The molecule has 2 aromatic heterocycles. The topological polar surface area (TPSA) is 84.1 Å². The zero-order chi connectivity index (χ0) is 15.4. The molecule has 1 amide bonds. The Kier molecular flexibility index (Phi) is 4.95. The second-order valence-electron chi connectivity index (χ2n) is 4.64. The zero-order valence-corrected chi connectivity index (χ0v) is 13.5. The molecule has 0 saturated carbocycles. The Labute approximate surface area is 128 Å². The summed E-state index contributed by atoms with van der Waals surface area (Å²) < 4.78 is 0. The summed E-state index contributed by atoms with van der Waals surface area (Å²) >= 11 is 1.61. The van der Waals surface area contributed by atoms with Crippen LogP contribution in [0.4, 0.5) is 11.8 Å². The van der Waals surface area contributed by atoms with E-state index in [0.717, 1.165) is 16.6 Å². The molecule has 7 heteroatoms. The highest BCUT2D eigenvalue weighted by Gasteiger charge is 2.13. The number of carbonyl (C=O) groups excluding carboxylic acids is 1. The van der Waals surface area contributed by atoms with Crippen molar-refractivity contribution in [2.45, 2.75) is 27.2 Å². The van der Waals surface area contributed by atoms with Crippen molar-refractivity contribution in [1.29, 1.82) is 0 Å². The van der Waals surface area contributed by atoms with E-state index in [1.165, 1.54) is 4.88 Å². The van der Waals surface area contributed by atoms with Crippen LogP contribution in [0.1, 0.15) is 25.6 Å². The molecule has 2 aromatic rings. The summed E-state index contributed by atoms with van der Waals surface area (Å²) in [5.41, 5.74) is 5.74. The number of rotatable bonds is 6. The van der Waals surface area contributed by atoms with Gasteiger partial charge in [-0.25, -0.2) is 4.98 Å². The Morgan fingerprint density at radius 1 is 1.33 bits per heavy atom. The number of nitrogens with one attached hydrogen (secondary N) is 1. The molecule has 0 radical (unpaired) electrons. The Hall–Kier alpha value is -1.89. The van der Waals surface area contributed by atoms with Crippen molar-refractivity contribution < 1.29 is 4.79 Å². The first-order chi connectivity index (χ1) is 10.1. The van der Waals surface area contributed by atoms with Crippen molar-refractivity contribution >= 4 is 39.2 Å². The fourth-order valence-corrected chi connectivity index (χ4v) is 3.12. The van der Waals surface area contributed by atoms with Gasteiger partial charge in [-0.05, 0) is 26.3 Å². The number of likely N-dealkylation sites (N-methyl/N-ethyl adjacent to an activating group) is 1. The first-order valence-corrected chi connectivity index (χ1v) is 7.98. The van der Waals surface area contributed by atoms with Crippen LogP contribution in [-0.4, -0.2) is 40.4 Å². The van der Waals surface area contributed by atoms with Gasteiger partial charge in [0.1, 0.15) is 10.6 Å². The van der Waals surface area contributed by atoms with Crippen molar-refractivity contribution in [3.63, 3.8) is 0 Å². The number of carbonyl (C=O) groups is 1. The summed E-state index contributed by atoms with van der Waals surface area (Å²) in [7, 11) is 0. The van der Waals surface area contributed by atoms with Crippen molar-refractivity contribution in [1.82, 2.24) is 14.9 Å². The quantitative estimate of drug-likeness (QED) is 0.854. The van der Waals surface area contributed by atoms with E-state index in [2.05, 4.69) is 28.3 Å². The Bertz CT molecular complexity index is 636. The van der Waals surface area contributed by atoms with Crippen LogP contribution in [0.15, 0.2) is 6.07 Å². The standard InChI is InChI=1S/C14H21N5OS/c1-4-9-7-10-12(17-14(15)18-13(10)21-9)16-8-11(20)19(5-2)6-3/h7H,4-6,8H2,1-3H3,(H3,15,16,17,18). The van der Waals surface area contributed by atoms with E-state index in [0.29, 0.717) is 18.9 Å². The lowest BCUT2D eigenvalue weighted by atomic mass is 10.3. The van der Waals surface area contributed by atoms with Gasteiger partial charge in [0.15, 0.2) is 0 Å². The number of anilines is 2. The highest BCUT2D eigenvalue weighted by atomic mass is 32.1. The van der Waals surface area contributed by atoms with E-state index in [-0.39, 0.29) is 18.4 Å². The molecule has 0 aliphatic heterocycles. The highest BCUT2D eigenvalue weighted by Crippen LogP contribution is 2.29. The van der Waals surface area contributed by atoms with Crippen LogP contribution in [0.2, 0.25) is 0 Å². The predicted octanol–water partition coefficient (Wildman–Crippen LogP) is 2.12. The maximum Gasteiger partial charge on any atom is 0.241 e. The average Bonchev–Trinajstić information content (AvgIpc) is 2.88. The van der Waals surface area contributed by atoms with Gasteiger partial charge in [-0.1, -0.05) is 6.92 Å². The minimum absolute atomic E-state index is 0.0521. The zero-order valence-electron chi connectivity index (χ0n) is 12.6. The van der Waals surface area contributed by atoms with Gasteiger partial charge in [0, 0.05) is 18.0 Å². The van der Waals surface area contributed by atoms with E-state index >= 15 is 0 Å². The third kappa shape index (κ3) is 3.41. The Balaban J connectivity index is 2.21. The summed E-state index contributed by atoms with van der Waals surface area (Å²) in [6, 6.07) is 2.06. The van der Waals surface area contributed by atoms with Crippen LogP contribution in [0, 0.1) is 0 Å². The first-order valence-electron chi connectivity index (χ1n) is 7.16. The van der Waals surface area contributed by atoms with Crippen LogP contribution in [-0.2, 0) is 11.2 Å². The molecule has 2 heterocycles. The summed E-state index contributed by atoms with van der Waals surface area (Å²) in [6.45, 7) is 7.65. The van der Waals surface area contributed by atoms with Crippen LogP contribution in [0.5, 0.6) is 0 Å². The number of hydrogen-bond donors (Lipinski definition) is 2. The monoisotopic (exact) mass is 307 g/mol. The lowest BCUT2D eigenvalue weighted by Crippen LogP contribution is -2.35. The molecule has 0 fully saturated rings. The number of hydrogen-bond acceptors (Lipinski definition) is 6. The van der Waals surface area contributed by atoms with Gasteiger partial charge in [0.25, 0.3) is 0 Å². The van der Waals surface area contributed by atoms with Gasteiger partial charge >= 0.3 is 0 Å². The van der Waals surface area contributed by atoms with Gasteiger partial charge < -0.3 is 16.0 Å². The number of amides is 1. The molecule has 0 atom stereocenters. The summed E-state index contributed by atoms with van der Waals surface area (Å²) in [5.74, 6) is 0.912. The van der Waals surface area contributed by atoms with E-state index in [1.807, 2.05) is 13.8 Å². The third-order valence-corrected chi connectivity index (χ3v) is 4.51. The number of thiophene rings is 1. The molecule has 3 N–H and O–H groups in total. The largest absolute Gasteiger partial charge is 0.368 e.